The molecule has 72 valence electrons. The smallest absolute Gasteiger partial charge is 0.0487 e. The summed E-state index contributed by atoms with van der Waals surface area (Å²) in [4.78, 5) is 0. The standard InChI is InChI=1S/C11H22O/c1-2-7-11(10-12)8-5-3-4-6-9-11/h12H,2-10H2,1H3. The first-order valence-corrected chi connectivity index (χ1v) is 5.44. The van der Waals surface area contributed by atoms with Crippen LogP contribution in [0.4, 0.5) is 0 Å². The summed E-state index contributed by atoms with van der Waals surface area (Å²) < 4.78 is 0. The van der Waals surface area contributed by atoms with Gasteiger partial charge in [0.15, 0.2) is 0 Å². The van der Waals surface area contributed by atoms with E-state index in [4.69, 9.17) is 0 Å². The van der Waals surface area contributed by atoms with Gasteiger partial charge in [-0.15, -0.1) is 0 Å². The van der Waals surface area contributed by atoms with E-state index in [-0.39, 0.29) is 0 Å². The van der Waals surface area contributed by atoms with E-state index >= 15 is 0 Å². The van der Waals surface area contributed by atoms with Crippen molar-refractivity contribution in [2.75, 3.05) is 6.61 Å². The monoisotopic (exact) mass is 170 g/mol. The topological polar surface area (TPSA) is 20.2 Å². The first kappa shape index (κ1) is 10.0. The summed E-state index contributed by atoms with van der Waals surface area (Å²) in [6.45, 7) is 2.64. The molecule has 0 atom stereocenters. The lowest BCUT2D eigenvalue weighted by Crippen LogP contribution is -2.24. The Kier molecular flexibility index (Phi) is 4.07. The Bertz CT molecular complexity index is 112. The zero-order valence-corrected chi connectivity index (χ0v) is 8.31. The van der Waals surface area contributed by atoms with Crippen molar-refractivity contribution in [3.05, 3.63) is 0 Å². The van der Waals surface area contributed by atoms with Crippen LogP contribution >= 0.6 is 0 Å². The van der Waals surface area contributed by atoms with Gasteiger partial charge in [-0.1, -0.05) is 39.0 Å². The highest BCUT2D eigenvalue weighted by molar-refractivity contribution is 4.80. The Balaban J connectivity index is 2.48. The zero-order valence-electron chi connectivity index (χ0n) is 8.31. The maximum atomic E-state index is 9.40. The van der Waals surface area contributed by atoms with Gasteiger partial charge in [-0.05, 0) is 24.7 Å². The van der Waals surface area contributed by atoms with Crippen LogP contribution in [0.5, 0.6) is 0 Å². The molecule has 1 rings (SSSR count). The van der Waals surface area contributed by atoms with Crippen molar-refractivity contribution >= 4 is 0 Å². The molecule has 0 aromatic heterocycles. The average molecular weight is 170 g/mol. The SMILES string of the molecule is CCCC1(CO)CCCCCC1. The molecule has 12 heavy (non-hydrogen) atoms. The van der Waals surface area contributed by atoms with Crippen LogP contribution < -0.4 is 0 Å². The lowest BCUT2D eigenvalue weighted by atomic mass is 9.77. The third-order valence-electron chi connectivity index (χ3n) is 3.28. The molecular weight excluding hydrogens is 148 g/mol. The molecule has 0 aliphatic heterocycles. The normalized spacial score (nSPS) is 23.5. The van der Waals surface area contributed by atoms with Crippen molar-refractivity contribution in [1.82, 2.24) is 0 Å². The first-order chi connectivity index (χ1) is 5.83. The number of aliphatic hydroxyl groups is 1. The minimum absolute atomic E-state index is 0.311. The van der Waals surface area contributed by atoms with Gasteiger partial charge >= 0.3 is 0 Å². The highest BCUT2D eigenvalue weighted by atomic mass is 16.3. The third-order valence-corrected chi connectivity index (χ3v) is 3.28. The number of hydrogen-bond acceptors (Lipinski definition) is 1. The van der Waals surface area contributed by atoms with Crippen molar-refractivity contribution in [2.45, 2.75) is 58.3 Å². The van der Waals surface area contributed by atoms with E-state index in [9.17, 15) is 5.11 Å². The summed E-state index contributed by atoms with van der Waals surface area (Å²) >= 11 is 0. The first-order valence-electron chi connectivity index (χ1n) is 5.44. The van der Waals surface area contributed by atoms with Crippen LogP contribution in [0.2, 0.25) is 0 Å². The van der Waals surface area contributed by atoms with E-state index in [1.807, 2.05) is 0 Å². The summed E-state index contributed by atoms with van der Waals surface area (Å²) in [5.41, 5.74) is 0.311. The molecule has 1 saturated carbocycles. The van der Waals surface area contributed by atoms with Gasteiger partial charge in [0.25, 0.3) is 0 Å². The van der Waals surface area contributed by atoms with Crippen LogP contribution in [0.3, 0.4) is 0 Å². The van der Waals surface area contributed by atoms with Crippen molar-refractivity contribution < 1.29 is 5.11 Å². The molecule has 1 aliphatic rings. The van der Waals surface area contributed by atoms with E-state index in [0.717, 1.165) is 0 Å². The van der Waals surface area contributed by atoms with Crippen LogP contribution in [-0.2, 0) is 0 Å². The van der Waals surface area contributed by atoms with Gasteiger partial charge in [0.2, 0.25) is 0 Å². The molecule has 0 amide bonds. The second-order valence-electron chi connectivity index (χ2n) is 4.32. The van der Waals surface area contributed by atoms with Crippen LogP contribution in [0.15, 0.2) is 0 Å². The van der Waals surface area contributed by atoms with Crippen LogP contribution in [-0.4, -0.2) is 11.7 Å². The van der Waals surface area contributed by atoms with E-state index in [0.29, 0.717) is 12.0 Å². The molecule has 1 heteroatoms. The molecule has 0 radical (unpaired) electrons. The van der Waals surface area contributed by atoms with Gasteiger partial charge in [-0.25, -0.2) is 0 Å². The predicted molar refractivity (Wildman–Crippen MR) is 52.1 cm³/mol. The Morgan fingerprint density at radius 1 is 1.08 bits per heavy atom. The summed E-state index contributed by atoms with van der Waals surface area (Å²) in [7, 11) is 0. The van der Waals surface area contributed by atoms with Crippen molar-refractivity contribution in [3.8, 4) is 0 Å². The van der Waals surface area contributed by atoms with E-state index in [2.05, 4.69) is 6.92 Å². The Hall–Kier alpha value is -0.0400. The fourth-order valence-corrected chi connectivity index (χ4v) is 2.50. The molecular formula is C11H22O. The van der Waals surface area contributed by atoms with E-state index in [1.54, 1.807) is 0 Å². The molecule has 0 spiro atoms. The van der Waals surface area contributed by atoms with Gasteiger partial charge < -0.3 is 5.11 Å². The fourth-order valence-electron chi connectivity index (χ4n) is 2.50. The lowest BCUT2D eigenvalue weighted by Gasteiger charge is -2.30. The molecule has 1 fully saturated rings. The highest BCUT2D eigenvalue weighted by Crippen LogP contribution is 2.38. The van der Waals surface area contributed by atoms with E-state index < -0.39 is 0 Å². The van der Waals surface area contributed by atoms with Gasteiger partial charge in [0.05, 0.1) is 0 Å². The number of rotatable bonds is 3. The number of hydrogen-bond donors (Lipinski definition) is 1. The molecule has 0 saturated heterocycles. The largest absolute Gasteiger partial charge is 0.396 e. The summed E-state index contributed by atoms with van der Waals surface area (Å²) in [6.07, 6.45) is 10.4. The maximum absolute atomic E-state index is 9.40. The lowest BCUT2D eigenvalue weighted by molar-refractivity contribution is 0.0965. The van der Waals surface area contributed by atoms with Crippen LogP contribution in [0.25, 0.3) is 0 Å². The minimum atomic E-state index is 0.311. The highest BCUT2D eigenvalue weighted by Gasteiger charge is 2.28. The minimum Gasteiger partial charge on any atom is -0.396 e. The predicted octanol–water partition coefficient (Wildman–Crippen LogP) is 3.12. The van der Waals surface area contributed by atoms with Crippen molar-refractivity contribution in [2.24, 2.45) is 5.41 Å². The van der Waals surface area contributed by atoms with Crippen LogP contribution in [0.1, 0.15) is 58.3 Å². The van der Waals surface area contributed by atoms with Crippen molar-refractivity contribution in [1.29, 1.82) is 0 Å². The Morgan fingerprint density at radius 3 is 2.08 bits per heavy atom. The fraction of sp³-hybridized carbons (Fsp3) is 1.00. The second kappa shape index (κ2) is 4.86. The van der Waals surface area contributed by atoms with Gasteiger partial charge in [-0.3, -0.25) is 0 Å². The molecule has 0 aromatic carbocycles. The van der Waals surface area contributed by atoms with Gasteiger partial charge in [0, 0.05) is 6.61 Å². The van der Waals surface area contributed by atoms with Crippen molar-refractivity contribution in [3.63, 3.8) is 0 Å². The summed E-state index contributed by atoms with van der Waals surface area (Å²) in [5.74, 6) is 0. The molecule has 0 aromatic rings. The molecule has 0 heterocycles. The van der Waals surface area contributed by atoms with Crippen LogP contribution in [0, 0.1) is 5.41 Å². The average Bonchev–Trinajstić information content (AvgIpc) is 2.32. The maximum Gasteiger partial charge on any atom is 0.0487 e. The van der Waals surface area contributed by atoms with Gasteiger partial charge in [0.1, 0.15) is 0 Å². The number of aliphatic hydroxyl groups excluding tert-OH is 1. The molecule has 1 N–H and O–H groups in total. The molecule has 1 nitrogen and oxygen atoms in total. The molecule has 0 unspecified atom stereocenters. The second-order valence-corrected chi connectivity index (χ2v) is 4.32. The summed E-state index contributed by atoms with van der Waals surface area (Å²) in [6, 6.07) is 0. The molecule has 1 aliphatic carbocycles. The summed E-state index contributed by atoms with van der Waals surface area (Å²) in [5, 5.41) is 9.40. The zero-order chi connectivity index (χ0) is 8.86. The Morgan fingerprint density at radius 2 is 1.67 bits per heavy atom. The van der Waals surface area contributed by atoms with E-state index in [1.165, 1.54) is 51.4 Å². The van der Waals surface area contributed by atoms with Gasteiger partial charge in [-0.2, -0.15) is 0 Å². The molecule has 0 bridgehead atoms. The quantitative estimate of drug-likeness (QED) is 0.645. The third kappa shape index (κ3) is 2.48. The Labute approximate surface area is 76.2 Å².